The minimum Gasteiger partial charge on any atom is -0.297 e. The van der Waals surface area contributed by atoms with Gasteiger partial charge in [-0.3, -0.25) is 10.2 Å². The van der Waals surface area contributed by atoms with Gasteiger partial charge in [0.25, 0.3) is 0 Å². The van der Waals surface area contributed by atoms with Crippen molar-refractivity contribution >= 4 is 18.4 Å². The number of carbonyl (C=O) groups is 1. The van der Waals surface area contributed by atoms with Gasteiger partial charge in [0.05, 0.1) is 6.04 Å². The van der Waals surface area contributed by atoms with Gasteiger partial charge in [-0.05, 0) is 31.2 Å². The highest BCUT2D eigenvalue weighted by molar-refractivity contribution is 7.81. The van der Waals surface area contributed by atoms with Crippen molar-refractivity contribution in [2.45, 2.75) is 85.4 Å². The second-order valence-corrected chi connectivity index (χ2v) is 9.20. The molecule has 1 unspecified atom stereocenters. The third kappa shape index (κ3) is 4.72. The molecule has 0 aromatic rings. The zero-order valence-corrected chi connectivity index (χ0v) is 17.0. The van der Waals surface area contributed by atoms with Crippen molar-refractivity contribution in [1.29, 1.82) is 0 Å². The standard InChI is InChI=1S/C18H38N2OS/c1-10-11-18(8,22)17(6,7)16(4,5)15(21)14(20-19-9)12-13(2)3/h13-14,19-20,22H,10-12H2,1-9H3/t14-,18?/m1/s1. The van der Waals surface area contributed by atoms with E-state index in [1.807, 2.05) is 7.05 Å². The van der Waals surface area contributed by atoms with Gasteiger partial charge in [-0.1, -0.05) is 61.8 Å². The molecule has 4 heteroatoms. The molecule has 3 nitrogen and oxygen atoms in total. The lowest BCUT2D eigenvalue weighted by atomic mass is 9.57. The fourth-order valence-electron chi connectivity index (χ4n) is 3.09. The fourth-order valence-corrected chi connectivity index (χ4v) is 3.60. The van der Waals surface area contributed by atoms with Crippen LogP contribution in [-0.2, 0) is 4.79 Å². The number of thiol groups is 1. The predicted molar refractivity (Wildman–Crippen MR) is 100 cm³/mol. The lowest BCUT2D eigenvalue weighted by molar-refractivity contribution is -0.137. The molecule has 0 aliphatic rings. The number of rotatable bonds is 10. The molecule has 0 fully saturated rings. The van der Waals surface area contributed by atoms with Gasteiger partial charge in [-0.2, -0.15) is 12.6 Å². The highest BCUT2D eigenvalue weighted by atomic mass is 32.1. The van der Waals surface area contributed by atoms with Crippen molar-refractivity contribution < 1.29 is 4.79 Å². The van der Waals surface area contributed by atoms with E-state index in [9.17, 15) is 4.79 Å². The maximum atomic E-state index is 13.3. The van der Waals surface area contributed by atoms with Gasteiger partial charge in [-0.25, -0.2) is 5.43 Å². The monoisotopic (exact) mass is 330 g/mol. The van der Waals surface area contributed by atoms with Crippen LogP contribution in [0.1, 0.15) is 74.7 Å². The lowest BCUT2D eigenvalue weighted by Gasteiger charge is -2.51. The zero-order chi connectivity index (χ0) is 17.8. The molecule has 0 rings (SSSR count). The van der Waals surface area contributed by atoms with E-state index in [1.165, 1.54) is 0 Å². The Labute approximate surface area is 143 Å². The highest BCUT2D eigenvalue weighted by Crippen LogP contribution is 2.52. The number of hydrazine groups is 1. The Morgan fingerprint density at radius 2 is 1.64 bits per heavy atom. The molecular formula is C18H38N2OS. The third-order valence-corrected chi connectivity index (χ3v) is 6.39. The van der Waals surface area contributed by atoms with Crippen LogP contribution in [0.25, 0.3) is 0 Å². The molecule has 0 spiro atoms. The number of ketones is 1. The van der Waals surface area contributed by atoms with Crippen molar-refractivity contribution in [3.05, 3.63) is 0 Å². The topological polar surface area (TPSA) is 41.1 Å². The number of carbonyl (C=O) groups excluding carboxylic acids is 1. The first-order valence-corrected chi connectivity index (χ1v) is 8.98. The minimum absolute atomic E-state index is 0.176. The summed E-state index contributed by atoms with van der Waals surface area (Å²) in [5.41, 5.74) is 5.41. The summed E-state index contributed by atoms with van der Waals surface area (Å²) >= 11 is 4.94. The average Bonchev–Trinajstić information content (AvgIpc) is 2.36. The van der Waals surface area contributed by atoms with Gasteiger partial charge >= 0.3 is 0 Å². The van der Waals surface area contributed by atoms with Crippen LogP contribution in [0.2, 0.25) is 0 Å². The SMILES string of the molecule is CCCC(C)(S)C(C)(C)C(C)(C)C(=O)[C@@H](CC(C)C)NNC. The van der Waals surface area contributed by atoms with E-state index < -0.39 is 5.41 Å². The summed E-state index contributed by atoms with van der Waals surface area (Å²) in [6, 6.07) is -0.176. The van der Waals surface area contributed by atoms with Gasteiger partial charge in [0, 0.05) is 10.2 Å². The molecule has 22 heavy (non-hydrogen) atoms. The first-order chi connectivity index (χ1) is 9.85. The highest BCUT2D eigenvalue weighted by Gasteiger charge is 2.53. The Hall–Kier alpha value is -0.0600. The fraction of sp³-hybridized carbons (Fsp3) is 0.944. The molecule has 2 N–H and O–H groups in total. The Morgan fingerprint density at radius 3 is 2.00 bits per heavy atom. The maximum absolute atomic E-state index is 13.3. The van der Waals surface area contributed by atoms with Crippen molar-refractivity contribution in [2.75, 3.05) is 7.05 Å². The summed E-state index contributed by atoms with van der Waals surface area (Å²) in [7, 11) is 1.82. The molecule has 132 valence electrons. The van der Waals surface area contributed by atoms with Gasteiger partial charge in [0.15, 0.2) is 5.78 Å². The molecule has 0 aromatic carbocycles. The van der Waals surface area contributed by atoms with Crippen LogP contribution in [0.3, 0.4) is 0 Å². The predicted octanol–water partition coefficient (Wildman–Crippen LogP) is 4.24. The lowest BCUT2D eigenvalue weighted by Crippen LogP contribution is -2.57. The van der Waals surface area contributed by atoms with Crippen LogP contribution in [0.5, 0.6) is 0 Å². The first kappa shape index (κ1) is 21.9. The summed E-state index contributed by atoms with van der Waals surface area (Å²) in [6.07, 6.45) is 2.89. The molecular weight excluding hydrogens is 292 g/mol. The van der Waals surface area contributed by atoms with Crippen molar-refractivity contribution in [1.82, 2.24) is 10.9 Å². The number of Topliss-reactive ketones (excluding diaryl/α,β-unsaturated/α-hetero) is 1. The van der Waals surface area contributed by atoms with Gasteiger partial charge in [-0.15, -0.1) is 0 Å². The number of hydrogen-bond donors (Lipinski definition) is 3. The van der Waals surface area contributed by atoms with E-state index in [0.29, 0.717) is 5.92 Å². The van der Waals surface area contributed by atoms with Crippen LogP contribution in [-0.4, -0.2) is 23.6 Å². The van der Waals surface area contributed by atoms with E-state index in [0.717, 1.165) is 19.3 Å². The van der Waals surface area contributed by atoms with Crippen LogP contribution in [0.4, 0.5) is 0 Å². The molecule has 0 amide bonds. The minimum atomic E-state index is -0.470. The van der Waals surface area contributed by atoms with E-state index in [2.05, 4.69) is 66.2 Å². The van der Waals surface area contributed by atoms with Gasteiger partial charge in [0.2, 0.25) is 0 Å². The Balaban J connectivity index is 5.52. The van der Waals surface area contributed by atoms with E-state index in [-0.39, 0.29) is 22.0 Å². The Morgan fingerprint density at radius 1 is 1.14 bits per heavy atom. The normalized spacial score (nSPS) is 17.4. The molecule has 0 aromatic heterocycles. The second-order valence-electron chi connectivity index (χ2n) is 8.21. The Bertz CT molecular complexity index is 362. The smallest absolute Gasteiger partial charge is 0.157 e. The largest absolute Gasteiger partial charge is 0.297 e. The molecule has 0 radical (unpaired) electrons. The maximum Gasteiger partial charge on any atom is 0.157 e. The summed E-state index contributed by atoms with van der Waals surface area (Å²) in [5, 5.41) is 0. The summed E-state index contributed by atoms with van der Waals surface area (Å²) in [5.74, 6) is 0.726. The van der Waals surface area contributed by atoms with E-state index >= 15 is 0 Å². The van der Waals surface area contributed by atoms with Crippen LogP contribution in [0.15, 0.2) is 0 Å². The summed E-state index contributed by atoms with van der Waals surface area (Å²) in [4.78, 5) is 13.3. The average molecular weight is 331 g/mol. The summed E-state index contributed by atoms with van der Waals surface area (Å²) in [6.45, 7) is 17.1. The molecule has 0 aliphatic heterocycles. The quantitative estimate of drug-likeness (QED) is 0.414. The Kier molecular flexibility index (Phi) is 8.14. The molecule has 0 aliphatic carbocycles. The molecule has 2 atom stereocenters. The van der Waals surface area contributed by atoms with E-state index in [4.69, 9.17) is 12.6 Å². The zero-order valence-electron chi connectivity index (χ0n) is 16.1. The van der Waals surface area contributed by atoms with Gasteiger partial charge < -0.3 is 0 Å². The molecule has 0 heterocycles. The molecule has 0 saturated heterocycles. The molecule has 0 bridgehead atoms. The van der Waals surface area contributed by atoms with Crippen molar-refractivity contribution in [2.24, 2.45) is 16.7 Å². The van der Waals surface area contributed by atoms with Crippen LogP contribution >= 0.6 is 12.6 Å². The van der Waals surface area contributed by atoms with Gasteiger partial charge in [0.1, 0.15) is 0 Å². The van der Waals surface area contributed by atoms with Crippen LogP contribution in [0, 0.1) is 16.7 Å². The summed E-state index contributed by atoms with van der Waals surface area (Å²) < 4.78 is -0.192. The van der Waals surface area contributed by atoms with Crippen molar-refractivity contribution in [3.8, 4) is 0 Å². The number of hydrogen-bond acceptors (Lipinski definition) is 4. The third-order valence-electron chi connectivity index (χ3n) is 5.60. The van der Waals surface area contributed by atoms with E-state index in [1.54, 1.807) is 0 Å². The first-order valence-electron chi connectivity index (χ1n) is 8.54. The van der Waals surface area contributed by atoms with Crippen molar-refractivity contribution in [3.63, 3.8) is 0 Å². The van der Waals surface area contributed by atoms with Crippen LogP contribution < -0.4 is 10.9 Å². The molecule has 0 saturated carbocycles. The number of nitrogens with one attached hydrogen (secondary N) is 2. The second kappa shape index (κ2) is 8.16.